The van der Waals surface area contributed by atoms with E-state index in [0.29, 0.717) is 35.7 Å². The minimum absolute atomic E-state index is 0.0486. The number of amides is 1. The molecule has 2 N–H and O–H groups in total. The molecule has 196 valence electrons. The molecule has 1 aliphatic carbocycles. The minimum atomic E-state index is -1.66. The van der Waals surface area contributed by atoms with Crippen LogP contribution in [0, 0.1) is 30.3 Å². The average Bonchev–Trinajstić information content (AvgIpc) is 3.75. The number of fused-ring (bicyclic) bond motifs is 1. The van der Waals surface area contributed by atoms with E-state index < -0.39 is 39.7 Å². The van der Waals surface area contributed by atoms with E-state index in [2.05, 4.69) is 15.3 Å². The molecule has 38 heavy (non-hydrogen) atoms. The molecule has 0 radical (unpaired) electrons. The Morgan fingerprint density at radius 1 is 1.13 bits per heavy atom. The Kier molecular flexibility index (Phi) is 6.75. The Balaban J connectivity index is 1.46. The summed E-state index contributed by atoms with van der Waals surface area (Å²) < 4.78 is 48.3. The number of nitrogens with zero attached hydrogens (tertiary/aromatic N) is 2. The number of pyridine rings is 2. The van der Waals surface area contributed by atoms with Gasteiger partial charge in [-0.15, -0.1) is 0 Å². The van der Waals surface area contributed by atoms with Gasteiger partial charge in [0.2, 0.25) is 0 Å². The summed E-state index contributed by atoms with van der Waals surface area (Å²) in [5.41, 5.74) is -0.544. The van der Waals surface area contributed by atoms with E-state index in [1.54, 1.807) is 18.3 Å². The van der Waals surface area contributed by atoms with Gasteiger partial charge in [0.15, 0.2) is 0 Å². The second-order valence-corrected chi connectivity index (χ2v) is 9.82. The van der Waals surface area contributed by atoms with Gasteiger partial charge in [-0.05, 0) is 67.6 Å². The molecule has 1 amide bonds. The molecule has 6 nitrogen and oxygen atoms in total. The first-order valence-electron chi connectivity index (χ1n) is 11.9. The fraction of sp³-hybridized carbons (Fsp3) is 0.250. The highest BCUT2D eigenvalue weighted by Crippen LogP contribution is 2.45. The number of benzene rings is 2. The number of aryl methyl sites for hydroxylation is 1. The molecular weight excluding hydrogens is 519 g/mol. The maximum atomic E-state index is 14.7. The SMILES string of the molecule is COc1cc(C(=O)NC[C@](O)(c2ccc(F)c(-c3cc(Cl)c(F)cc3F)n2)C2CC2)cc2cc(C)cnc12. The molecule has 5 rings (SSSR count). The highest BCUT2D eigenvalue weighted by atomic mass is 35.5. The van der Waals surface area contributed by atoms with Crippen molar-refractivity contribution in [1.29, 1.82) is 0 Å². The maximum absolute atomic E-state index is 14.7. The molecule has 2 aromatic carbocycles. The van der Waals surface area contributed by atoms with Crippen LogP contribution >= 0.6 is 11.6 Å². The molecule has 0 saturated heterocycles. The molecule has 0 aliphatic heterocycles. The minimum Gasteiger partial charge on any atom is -0.494 e. The lowest BCUT2D eigenvalue weighted by Gasteiger charge is -2.28. The van der Waals surface area contributed by atoms with Gasteiger partial charge in [-0.25, -0.2) is 18.2 Å². The Morgan fingerprint density at radius 2 is 1.89 bits per heavy atom. The van der Waals surface area contributed by atoms with Gasteiger partial charge in [0, 0.05) is 28.8 Å². The van der Waals surface area contributed by atoms with Gasteiger partial charge in [-0.2, -0.15) is 0 Å². The van der Waals surface area contributed by atoms with E-state index >= 15 is 0 Å². The van der Waals surface area contributed by atoms with Crippen molar-refractivity contribution in [2.75, 3.05) is 13.7 Å². The van der Waals surface area contributed by atoms with Crippen LogP contribution < -0.4 is 10.1 Å². The summed E-state index contributed by atoms with van der Waals surface area (Å²) in [6, 6.07) is 8.96. The Bertz CT molecular complexity index is 1580. The summed E-state index contributed by atoms with van der Waals surface area (Å²) in [5.74, 6) is -3.20. The summed E-state index contributed by atoms with van der Waals surface area (Å²) in [5, 5.41) is 14.7. The summed E-state index contributed by atoms with van der Waals surface area (Å²) in [7, 11) is 1.48. The van der Waals surface area contributed by atoms with Crippen LogP contribution in [0.2, 0.25) is 5.02 Å². The summed E-state index contributed by atoms with van der Waals surface area (Å²) in [6.45, 7) is 1.66. The molecule has 1 fully saturated rings. The third-order valence-electron chi connectivity index (χ3n) is 6.69. The van der Waals surface area contributed by atoms with Crippen LogP contribution in [-0.2, 0) is 5.60 Å². The number of rotatable bonds is 7. The summed E-state index contributed by atoms with van der Waals surface area (Å²) in [4.78, 5) is 21.7. The smallest absolute Gasteiger partial charge is 0.251 e. The quantitative estimate of drug-likeness (QED) is 0.293. The summed E-state index contributed by atoms with van der Waals surface area (Å²) >= 11 is 5.79. The first-order chi connectivity index (χ1) is 18.1. The molecule has 0 spiro atoms. The van der Waals surface area contributed by atoms with E-state index in [9.17, 15) is 23.1 Å². The average molecular weight is 542 g/mol. The molecule has 2 heterocycles. The van der Waals surface area contributed by atoms with Crippen molar-refractivity contribution in [2.45, 2.75) is 25.4 Å². The zero-order valence-corrected chi connectivity index (χ0v) is 21.2. The second-order valence-electron chi connectivity index (χ2n) is 9.42. The van der Waals surface area contributed by atoms with Crippen molar-refractivity contribution in [2.24, 2.45) is 5.92 Å². The first-order valence-corrected chi connectivity index (χ1v) is 12.3. The number of aromatic nitrogens is 2. The van der Waals surface area contributed by atoms with Gasteiger partial charge < -0.3 is 15.2 Å². The molecule has 0 bridgehead atoms. The zero-order valence-electron chi connectivity index (χ0n) is 20.5. The van der Waals surface area contributed by atoms with E-state index in [4.69, 9.17) is 16.3 Å². The van der Waals surface area contributed by atoms with Crippen LogP contribution in [0.5, 0.6) is 5.75 Å². The number of hydrogen-bond acceptors (Lipinski definition) is 5. The first kappa shape index (κ1) is 25.9. The van der Waals surface area contributed by atoms with Crippen molar-refractivity contribution in [3.8, 4) is 17.0 Å². The normalized spacial score (nSPS) is 14.8. The van der Waals surface area contributed by atoms with Crippen molar-refractivity contribution < 1.29 is 27.8 Å². The predicted molar refractivity (Wildman–Crippen MR) is 137 cm³/mol. The molecule has 2 aromatic heterocycles. The molecule has 10 heteroatoms. The topological polar surface area (TPSA) is 84.3 Å². The van der Waals surface area contributed by atoms with Gasteiger partial charge in [0.05, 0.1) is 24.4 Å². The van der Waals surface area contributed by atoms with E-state index in [1.165, 1.54) is 13.2 Å². The number of carbonyl (C=O) groups excluding carboxylic acids is 1. The largest absolute Gasteiger partial charge is 0.494 e. The Morgan fingerprint density at radius 3 is 2.61 bits per heavy atom. The number of aliphatic hydroxyl groups is 1. The third-order valence-corrected chi connectivity index (χ3v) is 6.98. The Labute approximate surface area is 221 Å². The third kappa shape index (κ3) is 4.79. The van der Waals surface area contributed by atoms with Crippen LogP contribution in [0.4, 0.5) is 13.2 Å². The standard InChI is InChI=1S/C28H23ClF3N3O3/c1-14-7-15-8-16(9-23(38-2)25(15)33-12-14)27(36)34-13-28(37,17-3-4-17)24-6-5-20(30)26(35-24)18-10-19(29)22(32)11-21(18)31/h5-12,17,37H,3-4,13H2,1-2H3,(H,34,36)/t28-/m1/s1. The number of ether oxygens (including phenoxy) is 1. The van der Waals surface area contributed by atoms with E-state index in [1.807, 2.05) is 13.0 Å². The van der Waals surface area contributed by atoms with Gasteiger partial charge >= 0.3 is 0 Å². The van der Waals surface area contributed by atoms with Gasteiger partial charge in [-0.3, -0.25) is 9.78 Å². The van der Waals surface area contributed by atoms with Crippen LogP contribution in [0.1, 0.15) is 34.5 Å². The van der Waals surface area contributed by atoms with Gasteiger partial charge in [-0.1, -0.05) is 11.6 Å². The highest BCUT2D eigenvalue weighted by Gasteiger charge is 2.46. The molecule has 0 unspecified atom stereocenters. The van der Waals surface area contributed by atoms with Crippen molar-refractivity contribution in [1.82, 2.24) is 15.3 Å². The highest BCUT2D eigenvalue weighted by molar-refractivity contribution is 6.31. The van der Waals surface area contributed by atoms with Crippen LogP contribution in [0.25, 0.3) is 22.2 Å². The van der Waals surface area contributed by atoms with Crippen LogP contribution in [-0.4, -0.2) is 34.6 Å². The lowest BCUT2D eigenvalue weighted by Crippen LogP contribution is -2.43. The van der Waals surface area contributed by atoms with Crippen molar-refractivity contribution in [3.05, 3.63) is 88.0 Å². The Hall–Kier alpha value is -3.69. The van der Waals surface area contributed by atoms with Crippen LogP contribution in [0.15, 0.2) is 48.7 Å². The molecule has 1 atom stereocenters. The van der Waals surface area contributed by atoms with E-state index in [0.717, 1.165) is 23.1 Å². The van der Waals surface area contributed by atoms with Gasteiger partial charge in [0.25, 0.3) is 5.91 Å². The predicted octanol–water partition coefficient (Wildman–Crippen LogP) is 5.71. The lowest BCUT2D eigenvalue weighted by atomic mass is 9.92. The fourth-order valence-electron chi connectivity index (χ4n) is 4.51. The lowest BCUT2D eigenvalue weighted by molar-refractivity contribution is 0.00949. The number of nitrogens with one attached hydrogen (secondary N) is 1. The maximum Gasteiger partial charge on any atom is 0.251 e. The number of halogens is 4. The zero-order chi connectivity index (χ0) is 27.2. The number of hydrogen-bond donors (Lipinski definition) is 2. The summed E-state index contributed by atoms with van der Waals surface area (Å²) in [6.07, 6.45) is 3.02. The van der Waals surface area contributed by atoms with Crippen LogP contribution in [0.3, 0.4) is 0 Å². The molecular formula is C28H23ClF3N3O3. The monoisotopic (exact) mass is 541 g/mol. The number of carbonyl (C=O) groups is 1. The second kappa shape index (κ2) is 9.89. The fourth-order valence-corrected chi connectivity index (χ4v) is 4.68. The van der Waals surface area contributed by atoms with E-state index in [-0.39, 0.29) is 23.7 Å². The number of methoxy groups -OCH3 is 1. The molecule has 1 saturated carbocycles. The van der Waals surface area contributed by atoms with Crippen molar-refractivity contribution in [3.63, 3.8) is 0 Å². The van der Waals surface area contributed by atoms with Crippen molar-refractivity contribution >= 4 is 28.4 Å². The molecule has 4 aromatic rings. The van der Waals surface area contributed by atoms with Gasteiger partial charge in [0.1, 0.15) is 40.0 Å². The molecule has 1 aliphatic rings.